The normalized spacial score (nSPS) is 12.5. The molecule has 4 N–H and O–H groups in total. The molecule has 0 atom stereocenters. The van der Waals surface area contributed by atoms with Crippen molar-refractivity contribution >= 4 is 15.9 Å². The van der Waals surface area contributed by atoms with E-state index in [0.29, 0.717) is 19.5 Å². The number of hydrogen-bond acceptors (Lipinski definition) is 4. The summed E-state index contributed by atoms with van der Waals surface area (Å²) < 4.78 is 23.8. The first-order valence-corrected chi connectivity index (χ1v) is 7.01. The van der Waals surface area contributed by atoms with Crippen LogP contribution >= 0.6 is 0 Å². The van der Waals surface area contributed by atoms with E-state index in [-0.39, 0.29) is 12.5 Å². The molecule has 0 aromatic heterocycles. The Balaban J connectivity index is 3.72. The molecule has 0 spiro atoms. The first-order chi connectivity index (χ1) is 7.19. The lowest BCUT2D eigenvalue weighted by molar-refractivity contribution is -0.128. The molecule has 7 heteroatoms. The Kier molecular flexibility index (Phi) is 5.91. The minimum absolute atomic E-state index is 0.116. The minimum Gasteiger partial charge on any atom is -0.356 e. The average molecular weight is 251 g/mol. The second-order valence-corrected chi connectivity index (χ2v) is 6.20. The smallest absolute Gasteiger partial charge is 0.226 e. The molecule has 0 bridgehead atoms. The van der Waals surface area contributed by atoms with Crippen LogP contribution in [-0.2, 0) is 14.8 Å². The maximum absolute atomic E-state index is 11.5. The molecule has 1 amide bonds. The lowest BCUT2D eigenvalue weighted by Gasteiger charge is -2.21. The van der Waals surface area contributed by atoms with E-state index in [1.807, 2.05) is 0 Å². The molecule has 0 aromatic rings. The van der Waals surface area contributed by atoms with Gasteiger partial charge in [0, 0.05) is 19.6 Å². The number of amides is 1. The van der Waals surface area contributed by atoms with Gasteiger partial charge in [-0.1, -0.05) is 0 Å². The Morgan fingerprint density at radius 1 is 1.31 bits per heavy atom. The highest BCUT2D eigenvalue weighted by Gasteiger charge is 2.24. The monoisotopic (exact) mass is 251 g/mol. The third-order valence-electron chi connectivity index (χ3n) is 2.13. The van der Waals surface area contributed by atoms with Gasteiger partial charge in [-0.3, -0.25) is 4.79 Å². The van der Waals surface area contributed by atoms with E-state index in [1.54, 1.807) is 13.8 Å². The van der Waals surface area contributed by atoms with Crippen LogP contribution in [0.5, 0.6) is 0 Å². The van der Waals surface area contributed by atoms with Gasteiger partial charge in [0.15, 0.2) is 0 Å². The molecule has 0 radical (unpaired) electrons. The van der Waals surface area contributed by atoms with Crippen LogP contribution in [0.15, 0.2) is 0 Å². The number of sulfonamides is 1. The van der Waals surface area contributed by atoms with Gasteiger partial charge >= 0.3 is 0 Å². The van der Waals surface area contributed by atoms with Gasteiger partial charge in [-0.2, -0.15) is 0 Å². The largest absolute Gasteiger partial charge is 0.356 e. The quantitative estimate of drug-likeness (QED) is 0.506. The topological polar surface area (TPSA) is 101 Å². The first-order valence-electron chi connectivity index (χ1n) is 5.12. The second-order valence-electron chi connectivity index (χ2n) is 4.36. The fourth-order valence-corrected chi connectivity index (χ4v) is 1.39. The van der Waals surface area contributed by atoms with Crippen LogP contribution in [-0.4, -0.2) is 40.2 Å². The zero-order valence-corrected chi connectivity index (χ0v) is 10.9. The maximum Gasteiger partial charge on any atom is 0.226 e. The van der Waals surface area contributed by atoms with Crippen LogP contribution in [0.1, 0.15) is 20.3 Å². The third-order valence-corrected chi connectivity index (χ3v) is 2.86. The van der Waals surface area contributed by atoms with Gasteiger partial charge in [0.25, 0.3) is 0 Å². The van der Waals surface area contributed by atoms with Crippen LogP contribution in [0, 0.1) is 5.41 Å². The first kappa shape index (κ1) is 15.3. The molecular formula is C9H21N3O3S. The summed E-state index contributed by atoms with van der Waals surface area (Å²) in [7, 11) is -3.14. The fourth-order valence-electron chi connectivity index (χ4n) is 0.880. The lowest BCUT2D eigenvalue weighted by atomic mass is 9.93. The molecule has 0 aliphatic rings. The number of nitrogens with two attached hydrogens (primary N) is 1. The molecule has 96 valence electrons. The van der Waals surface area contributed by atoms with Crippen molar-refractivity contribution in [3.8, 4) is 0 Å². The Morgan fingerprint density at radius 2 is 1.88 bits per heavy atom. The van der Waals surface area contributed by atoms with Gasteiger partial charge in [0.05, 0.1) is 11.7 Å². The molecule has 0 unspecified atom stereocenters. The SMILES string of the molecule is CC(C)(CN)C(=O)NCCCNS(C)(=O)=O. The summed E-state index contributed by atoms with van der Waals surface area (Å²) >= 11 is 0. The summed E-state index contributed by atoms with van der Waals surface area (Å²) in [4.78, 5) is 11.5. The number of rotatable bonds is 7. The van der Waals surface area contributed by atoms with Crippen LogP contribution in [0.25, 0.3) is 0 Å². The Hall–Kier alpha value is -0.660. The van der Waals surface area contributed by atoms with Crippen molar-refractivity contribution in [3.63, 3.8) is 0 Å². The molecule has 16 heavy (non-hydrogen) atoms. The predicted molar refractivity (Wildman–Crippen MR) is 63.3 cm³/mol. The van der Waals surface area contributed by atoms with E-state index < -0.39 is 15.4 Å². The zero-order chi connectivity index (χ0) is 12.8. The summed E-state index contributed by atoms with van der Waals surface area (Å²) in [6.07, 6.45) is 1.66. The van der Waals surface area contributed by atoms with Crippen molar-refractivity contribution < 1.29 is 13.2 Å². The van der Waals surface area contributed by atoms with Crippen molar-refractivity contribution in [2.45, 2.75) is 20.3 Å². The average Bonchev–Trinajstić information content (AvgIpc) is 2.15. The van der Waals surface area contributed by atoms with E-state index in [0.717, 1.165) is 6.26 Å². The molecular weight excluding hydrogens is 230 g/mol. The maximum atomic E-state index is 11.5. The van der Waals surface area contributed by atoms with Crippen molar-refractivity contribution in [1.82, 2.24) is 10.0 Å². The van der Waals surface area contributed by atoms with Crippen molar-refractivity contribution in [3.05, 3.63) is 0 Å². The minimum atomic E-state index is -3.14. The summed E-state index contributed by atoms with van der Waals surface area (Å²) in [5.74, 6) is -0.116. The Bertz CT molecular complexity index is 325. The van der Waals surface area contributed by atoms with Crippen molar-refractivity contribution in [1.29, 1.82) is 0 Å². The van der Waals surface area contributed by atoms with Crippen LogP contribution < -0.4 is 15.8 Å². The highest BCUT2D eigenvalue weighted by molar-refractivity contribution is 7.88. The van der Waals surface area contributed by atoms with Crippen LogP contribution in [0.2, 0.25) is 0 Å². The zero-order valence-electron chi connectivity index (χ0n) is 10.0. The van der Waals surface area contributed by atoms with Gasteiger partial charge in [-0.05, 0) is 20.3 Å². The summed E-state index contributed by atoms with van der Waals surface area (Å²) in [5.41, 5.74) is 4.86. The van der Waals surface area contributed by atoms with Crippen molar-refractivity contribution in [2.24, 2.45) is 11.1 Å². The molecule has 0 aromatic carbocycles. The van der Waals surface area contributed by atoms with Gasteiger partial charge < -0.3 is 11.1 Å². The standard InChI is InChI=1S/C9H21N3O3S/c1-9(2,7-10)8(13)11-5-4-6-12-16(3,14)15/h12H,4-7,10H2,1-3H3,(H,11,13). The highest BCUT2D eigenvalue weighted by atomic mass is 32.2. The van der Waals surface area contributed by atoms with E-state index in [1.165, 1.54) is 0 Å². The number of carbonyl (C=O) groups excluding carboxylic acids is 1. The van der Waals surface area contributed by atoms with E-state index in [9.17, 15) is 13.2 Å². The highest BCUT2D eigenvalue weighted by Crippen LogP contribution is 2.11. The van der Waals surface area contributed by atoms with E-state index >= 15 is 0 Å². The Morgan fingerprint density at radius 3 is 2.31 bits per heavy atom. The molecule has 6 nitrogen and oxygen atoms in total. The summed E-state index contributed by atoms with van der Waals surface area (Å²) in [6, 6.07) is 0. The number of nitrogens with one attached hydrogen (secondary N) is 2. The molecule has 0 aliphatic heterocycles. The molecule has 0 saturated heterocycles. The Labute approximate surface area is 97.0 Å². The third kappa shape index (κ3) is 6.76. The van der Waals surface area contributed by atoms with E-state index in [2.05, 4.69) is 10.0 Å². The van der Waals surface area contributed by atoms with Gasteiger partial charge in [-0.15, -0.1) is 0 Å². The summed E-state index contributed by atoms with van der Waals surface area (Å²) in [6.45, 7) is 4.56. The molecule has 0 heterocycles. The lowest BCUT2D eigenvalue weighted by Crippen LogP contribution is -2.42. The molecule has 0 fully saturated rings. The van der Waals surface area contributed by atoms with Crippen LogP contribution in [0.3, 0.4) is 0 Å². The molecule has 0 saturated carbocycles. The number of carbonyl (C=O) groups is 1. The summed E-state index contributed by atoms with van der Waals surface area (Å²) in [5, 5.41) is 2.71. The van der Waals surface area contributed by atoms with Gasteiger partial charge in [0.2, 0.25) is 15.9 Å². The van der Waals surface area contributed by atoms with E-state index in [4.69, 9.17) is 5.73 Å². The predicted octanol–water partition coefficient (Wildman–Crippen LogP) is -0.973. The number of hydrogen-bond donors (Lipinski definition) is 3. The molecule has 0 rings (SSSR count). The van der Waals surface area contributed by atoms with Gasteiger partial charge in [-0.25, -0.2) is 13.1 Å². The van der Waals surface area contributed by atoms with Crippen molar-refractivity contribution in [2.75, 3.05) is 25.9 Å². The fraction of sp³-hybridized carbons (Fsp3) is 0.889. The molecule has 0 aliphatic carbocycles. The van der Waals surface area contributed by atoms with Crippen LogP contribution in [0.4, 0.5) is 0 Å². The van der Waals surface area contributed by atoms with Gasteiger partial charge in [0.1, 0.15) is 0 Å². The second kappa shape index (κ2) is 6.17.